The third kappa shape index (κ3) is 3.53. The van der Waals surface area contributed by atoms with Crippen LogP contribution in [0.4, 0.5) is 0 Å². The van der Waals surface area contributed by atoms with E-state index in [1.165, 1.54) is 37.2 Å². The standard InChI is InChI=1S/C19H18Cl2N4O2/c1-13-2-3-14(18(26,11-20)16-9-22-4-6-24-16)8-15(13)19(27,12-21)17-10-23-5-7-25-17/h2-10,26-27H,11-12H2,1H3. The molecule has 3 aromatic rings. The summed E-state index contributed by atoms with van der Waals surface area (Å²) in [7, 11) is 0. The molecule has 1 aromatic carbocycles. The number of aryl methyl sites for hydroxylation is 1. The van der Waals surface area contributed by atoms with E-state index in [0.29, 0.717) is 22.5 Å². The Kier molecular flexibility index (Phi) is 5.72. The molecule has 0 radical (unpaired) electrons. The van der Waals surface area contributed by atoms with E-state index in [4.69, 9.17) is 23.2 Å². The summed E-state index contributed by atoms with van der Waals surface area (Å²) < 4.78 is 0. The number of alkyl halides is 2. The lowest BCUT2D eigenvalue weighted by Crippen LogP contribution is -2.34. The Hall–Kier alpha value is -2.12. The molecule has 8 heteroatoms. The lowest BCUT2D eigenvalue weighted by atomic mass is 9.83. The molecule has 3 rings (SSSR count). The fourth-order valence-electron chi connectivity index (χ4n) is 2.92. The molecule has 0 fully saturated rings. The van der Waals surface area contributed by atoms with E-state index in [-0.39, 0.29) is 11.8 Å². The third-order valence-corrected chi connectivity index (χ3v) is 5.29. The lowest BCUT2D eigenvalue weighted by Gasteiger charge is -2.31. The van der Waals surface area contributed by atoms with Crippen molar-refractivity contribution in [3.05, 3.63) is 83.5 Å². The summed E-state index contributed by atoms with van der Waals surface area (Å²) in [5.74, 6) is -0.279. The van der Waals surface area contributed by atoms with Gasteiger partial charge in [0.05, 0.1) is 35.5 Å². The van der Waals surface area contributed by atoms with Crippen LogP contribution in [0.5, 0.6) is 0 Å². The fraction of sp³-hybridized carbons (Fsp3) is 0.263. The van der Waals surface area contributed by atoms with Gasteiger partial charge in [0.15, 0.2) is 0 Å². The van der Waals surface area contributed by atoms with Gasteiger partial charge in [-0.15, -0.1) is 23.2 Å². The number of rotatable bonds is 6. The zero-order valence-electron chi connectivity index (χ0n) is 14.5. The van der Waals surface area contributed by atoms with Gasteiger partial charge in [0.1, 0.15) is 11.2 Å². The largest absolute Gasteiger partial charge is 0.377 e. The van der Waals surface area contributed by atoms with E-state index >= 15 is 0 Å². The van der Waals surface area contributed by atoms with Crippen LogP contribution in [0.15, 0.2) is 55.4 Å². The van der Waals surface area contributed by atoms with Gasteiger partial charge in [-0.2, -0.15) is 0 Å². The first kappa shape index (κ1) is 19.6. The van der Waals surface area contributed by atoms with Crippen LogP contribution in [0.1, 0.15) is 28.1 Å². The Morgan fingerprint density at radius 1 is 0.852 bits per heavy atom. The topological polar surface area (TPSA) is 92.0 Å². The van der Waals surface area contributed by atoms with Gasteiger partial charge < -0.3 is 10.2 Å². The molecule has 2 N–H and O–H groups in total. The van der Waals surface area contributed by atoms with E-state index in [1.807, 2.05) is 6.92 Å². The van der Waals surface area contributed by atoms with Gasteiger partial charge >= 0.3 is 0 Å². The van der Waals surface area contributed by atoms with E-state index < -0.39 is 11.2 Å². The first-order chi connectivity index (χ1) is 13.0. The minimum atomic E-state index is -1.58. The minimum absolute atomic E-state index is 0.138. The zero-order chi connectivity index (χ0) is 19.5. The molecule has 0 spiro atoms. The number of benzene rings is 1. The predicted molar refractivity (Wildman–Crippen MR) is 103 cm³/mol. The number of hydrogen-bond donors (Lipinski definition) is 2. The average molecular weight is 405 g/mol. The average Bonchev–Trinajstić information content (AvgIpc) is 2.74. The van der Waals surface area contributed by atoms with E-state index in [2.05, 4.69) is 19.9 Å². The summed E-state index contributed by atoms with van der Waals surface area (Å²) in [5, 5.41) is 22.5. The van der Waals surface area contributed by atoms with Crippen LogP contribution >= 0.6 is 23.2 Å². The smallest absolute Gasteiger partial charge is 0.147 e. The van der Waals surface area contributed by atoms with Gasteiger partial charge in [-0.3, -0.25) is 19.9 Å². The quantitative estimate of drug-likeness (QED) is 0.613. The molecule has 2 aromatic heterocycles. The van der Waals surface area contributed by atoms with Gasteiger partial charge in [-0.05, 0) is 29.7 Å². The number of nitrogens with zero attached hydrogens (tertiary/aromatic N) is 4. The molecular formula is C19H18Cl2N4O2. The Balaban J connectivity index is 2.17. The number of hydrogen-bond acceptors (Lipinski definition) is 6. The molecular weight excluding hydrogens is 387 g/mol. The van der Waals surface area contributed by atoms with Crippen molar-refractivity contribution in [3.63, 3.8) is 0 Å². The molecule has 2 atom stereocenters. The van der Waals surface area contributed by atoms with Crippen molar-refractivity contribution < 1.29 is 10.2 Å². The zero-order valence-corrected chi connectivity index (χ0v) is 16.1. The van der Waals surface area contributed by atoms with E-state index in [0.717, 1.165) is 5.56 Å². The molecule has 0 amide bonds. The van der Waals surface area contributed by atoms with Crippen molar-refractivity contribution in [2.24, 2.45) is 0 Å². The minimum Gasteiger partial charge on any atom is -0.377 e. The molecule has 0 aliphatic carbocycles. The Bertz CT molecular complexity index is 914. The van der Waals surface area contributed by atoms with Crippen molar-refractivity contribution >= 4 is 23.2 Å². The summed E-state index contributed by atoms with van der Waals surface area (Å²) >= 11 is 12.2. The van der Waals surface area contributed by atoms with Crippen molar-refractivity contribution in [1.82, 2.24) is 19.9 Å². The van der Waals surface area contributed by atoms with Gasteiger partial charge in [-0.25, -0.2) is 0 Å². The molecule has 0 aliphatic rings. The van der Waals surface area contributed by atoms with Gasteiger partial charge in [0.25, 0.3) is 0 Å². The van der Waals surface area contributed by atoms with Crippen LogP contribution in [0.25, 0.3) is 0 Å². The highest BCUT2D eigenvalue weighted by Gasteiger charge is 2.38. The summed E-state index contributed by atoms with van der Waals surface area (Å²) in [6.07, 6.45) is 8.92. The van der Waals surface area contributed by atoms with Crippen molar-refractivity contribution in [1.29, 1.82) is 0 Å². The second kappa shape index (κ2) is 7.86. The van der Waals surface area contributed by atoms with Crippen molar-refractivity contribution in [2.75, 3.05) is 11.8 Å². The summed E-state index contributed by atoms with van der Waals surface area (Å²) in [5.41, 5.74) is -0.783. The van der Waals surface area contributed by atoms with Gasteiger partial charge in [0.2, 0.25) is 0 Å². The second-order valence-electron chi connectivity index (χ2n) is 6.20. The van der Waals surface area contributed by atoms with Gasteiger partial charge in [0, 0.05) is 24.8 Å². The van der Waals surface area contributed by atoms with Crippen molar-refractivity contribution in [2.45, 2.75) is 18.1 Å². The fourth-order valence-corrected chi connectivity index (χ4v) is 3.49. The molecule has 2 unspecified atom stereocenters. The molecule has 0 saturated carbocycles. The summed E-state index contributed by atoms with van der Waals surface area (Å²) in [6.45, 7) is 1.84. The maximum Gasteiger partial charge on any atom is 0.147 e. The molecule has 0 aliphatic heterocycles. The number of aromatic nitrogens is 4. The third-order valence-electron chi connectivity index (χ3n) is 4.52. The Labute approximate surface area is 166 Å². The molecule has 2 heterocycles. The SMILES string of the molecule is Cc1ccc(C(O)(CCl)c2cnccn2)cc1C(O)(CCl)c1cnccn1. The molecule has 0 bridgehead atoms. The molecule has 27 heavy (non-hydrogen) atoms. The lowest BCUT2D eigenvalue weighted by molar-refractivity contribution is 0.0933. The van der Waals surface area contributed by atoms with Crippen LogP contribution in [-0.2, 0) is 11.2 Å². The summed E-state index contributed by atoms with van der Waals surface area (Å²) in [4.78, 5) is 16.4. The van der Waals surface area contributed by atoms with Crippen LogP contribution in [0.2, 0.25) is 0 Å². The number of aliphatic hydroxyl groups is 2. The van der Waals surface area contributed by atoms with Crippen LogP contribution in [-0.4, -0.2) is 41.9 Å². The van der Waals surface area contributed by atoms with Gasteiger partial charge in [-0.1, -0.05) is 12.1 Å². The first-order valence-corrected chi connectivity index (χ1v) is 9.24. The van der Waals surface area contributed by atoms with Crippen LogP contribution < -0.4 is 0 Å². The Morgan fingerprint density at radius 3 is 1.89 bits per heavy atom. The molecule has 140 valence electrons. The second-order valence-corrected chi connectivity index (χ2v) is 6.73. The highest BCUT2D eigenvalue weighted by Crippen LogP contribution is 2.36. The highest BCUT2D eigenvalue weighted by atomic mass is 35.5. The van der Waals surface area contributed by atoms with Crippen LogP contribution in [0.3, 0.4) is 0 Å². The predicted octanol–water partition coefficient (Wildman–Crippen LogP) is 2.52. The Morgan fingerprint density at radius 2 is 1.41 bits per heavy atom. The first-order valence-electron chi connectivity index (χ1n) is 8.17. The van der Waals surface area contributed by atoms with Crippen LogP contribution in [0, 0.1) is 6.92 Å². The maximum atomic E-state index is 11.3. The maximum absolute atomic E-state index is 11.3. The normalized spacial score (nSPS) is 15.7. The number of halogens is 2. The molecule has 0 saturated heterocycles. The monoisotopic (exact) mass is 404 g/mol. The van der Waals surface area contributed by atoms with E-state index in [1.54, 1.807) is 18.2 Å². The van der Waals surface area contributed by atoms with E-state index in [9.17, 15) is 10.2 Å². The summed E-state index contributed by atoms with van der Waals surface area (Å²) in [6, 6.07) is 5.19. The van der Waals surface area contributed by atoms with Crippen molar-refractivity contribution in [3.8, 4) is 0 Å². The highest BCUT2D eigenvalue weighted by molar-refractivity contribution is 6.19. The molecule has 6 nitrogen and oxygen atoms in total.